The molecule has 1 aliphatic rings. The van der Waals surface area contributed by atoms with Crippen molar-refractivity contribution in [2.24, 2.45) is 11.6 Å². The van der Waals surface area contributed by atoms with Crippen LogP contribution in [0.1, 0.15) is 36.5 Å². The van der Waals surface area contributed by atoms with Gasteiger partial charge in [0.2, 0.25) is 0 Å². The molecule has 0 radical (unpaired) electrons. The third kappa shape index (κ3) is 6.51. The number of nitrogens with two attached hydrogens (primary N) is 2. The van der Waals surface area contributed by atoms with Crippen molar-refractivity contribution in [2.45, 2.75) is 44.9 Å². The smallest absolute Gasteiger partial charge is 0.0835 e. The molecule has 5 N–H and O–H groups in total. The zero-order valence-electron chi connectivity index (χ0n) is 17.7. The number of rotatable bonds is 8. The summed E-state index contributed by atoms with van der Waals surface area (Å²) in [6, 6.07) is 18.1. The third-order valence-electron chi connectivity index (χ3n) is 5.54. The van der Waals surface area contributed by atoms with Crippen LogP contribution in [0.5, 0.6) is 0 Å². The second-order valence-electron chi connectivity index (χ2n) is 8.07. The molecule has 1 aliphatic carbocycles. The van der Waals surface area contributed by atoms with Crippen molar-refractivity contribution < 1.29 is 5.11 Å². The van der Waals surface area contributed by atoms with Crippen LogP contribution in [0.4, 0.5) is 0 Å². The summed E-state index contributed by atoms with van der Waals surface area (Å²) in [5, 5.41) is 12.1. The highest BCUT2D eigenvalue weighted by Crippen LogP contribution is 2.25. The van der Waals surface area contributed by atoms with E-state index in [-0.39, 0.29) is 6.04 Å². The minimum absolute atomic E-state index is 0.328. The quantitative estimate of drug-likeness (QED) is 0.460. The molecule has 0 saturated heterocycles. The molecule has 4 heteroatoms. The molecule has 2 aromatic rings. The molecule has 0 heterocycles. The van der Waals surface area contributed by atoms with E-state index < -0.39 is 6.10 Å². The summed E-state index contributed by atoms with van der Waals surface area (Å²) in [6.45, 7) is 3.09. The summed E-state index contributed by atoms with van der Waals surface area (Å²) >= 11 is 0. The fraction of sp³-hybridized carbons (Fsp3) is 0.308. The van der Waals surface area contributed by atoms with Crippen LogP contribution in [0.2, 0.25) is 0 Å². The zero-order valence-corrected chi connectivity index (χ0v) is 17.7. The van der Waals surface area contributed by atoms with E-state index in [2.05, 4.69) is 55.5 Å². The summed E-state index contributed by atoms with van der Waals surface area (Å²) in [4.78, 5) is 0. The highest BCUT2D eigenvalue weighted by molar-refractivity contribution is 5.77. The van der Waals surface area contributed by atoms with Gasteiger partial charge in [-0.25, -0.2) is 5.01 Å². The molecule has 0 saturated carbocycles. The lowest BCUT2D eigenvalue weighted by Gasteiger charge is -2.24. The molecule has 3 rings (SSSR count). The molecule has 158 valence electrons. The predicted molar refractivity (Wildman–Crippen MR) is 125 cm³/mol. The maximum absolute atomic E-state index is 10.5. The minimum Gasteiger partial charge on any atom is -0.390 e. The number of hydrazine groups is 1. The number of hydrogen-bond acceptors (Lipinski definition) is 4. The van der Waals surface area contributed by atoms with Crippen LogP contribution in [0.15, 0.2) is 84.5 Å². The maximum Gasteiger partial charge on any atom is 0.0835 e. The van der Waals surface area contributed by atoms with Crippen molar-refractivity contribution in [3.05, 3.63) is 101 Å². The van der Waals surface area contributed by atoms with Gasteiger partial charge in [0, 0.05) is 19.1 Å². The molecule has 2 aromatic carbocycles. The monoisotopic (exact) mass is 403 g/mol. The SMILES string of the molecule is CC1=C(c2ccc(CN(N)CC(O)C(N)Cc3ccccc3)cc2)C=CC=CCC1. The molecule has 2 unspecified atom stereocenters. The fourth-order valence-corrected chi connectivity index (χ4v) is 3.73. The van der Waals surface area contributed by atoms with Crippen LogP contribution in [0.3, 0.4) is 0 Å². The van der Waals surface area contributed by atoms with Crippen LogP contribution in [0.25, 0.3) is 5.57 Å². The van der Waals surface area contributed by atoms with Gasteiger partial charge >= 0.3 is 0 Å². The minimum atomic E-state index is -0.685. The van der Waals surface area contributed by atoms with E-state index in [4.69, 9.17) is 11.6 Å². The van der Waals surface area contributed by atoms with E-state index >= 15 is 0 Å². The molecule has 4 nitrogen and oxygen atoms in total. The number of aliphatic hydroxyl groups is 1. The lowest BCUT2D eigenvalue weighted by Crippen LogP contribution is -2.46. The summed E-state index contributed by atoms with van der Waals surface area (Å²) in [5.41, 5.74) is 12.3. The second-order valence-corrected chi connectivity index (χ2v) is 8.07. The van der Waals surface area contributed by atoms with E-state index in [0.29, 0.717) is 19.5 Å². The van der Waals surface area contributed by atoms with Crippen molar-refractivity contribution in [3.8, 4) is 0 Å². The Hall–Kier alpha value is -2.50. The van der Waals surface area contributed by atoms with Gasteiger partial charge in [0.05, 0.1) is 6.10 Å². The maximum atomic E-state index is 10.5. The Bertz CT molecular complexity index is 884. The van der Waals surface area contributed by atoms with E-state index in [1.807, 2.05) is 30.3 Å². The van der Waals surface area contributed by atoms with Gasteiger partial charge in [0.1, 0.15) is 0 Å². The second kappa shape index (κ2) is 11.0. The molecular weight excluding hydrogens is 370 g/mol. The van der Waals surface area contributed by atoms with Gasteiger partial charge in [-0.15, -0.1) is 0 Å². The summed E-state index contributed by atoms with van der Waals surface area (Å²) in [5.74, 6) is 6.17. The van der Waals surface area contributed by atoms with Crippen molar-refractivity contribution in [1.82, 2.24) is 5.01 Å². The van der Waals surface area contributed by atoms with Gasteiger partial charge < -0.3 is 10.8 Å². The van der Waals surface area contributed by atoms with E-state index in [0.717, 1.165) is 24.0 Å². The molecule has 0 bridgehead atoms. The normalized spacial score (nSPS) is 16.4. The first-order chi connectivity index (χ1) is 14.5. The van der Waals surface area contributed by atoms with Gasteiger partial charge in [0.25, 0.3) is 0 Å². The Morgan fingerprint density at radius 1 is 1.00 bits per heavy atom. The lowest BCUT2D eigenvalue weighted by atomic mass is 9.95. The first-order valence-electron chi connectivity index (χ1n) is 10.6. The van der Waals surface area contributed by atoms with Crippen molar-refractivity contribution in [3.63, 3.8) is 0 Å². The largest absolute Gasteiger partial charge is 0.390 e. The van der Waals surface area contributed by atoms with Crippen LogP contribution in [-0.4, -0.2) is 28.8 Å². The Morgan fingerprint density at radius 3 is 2.47 bits per heavy atom. The molecule has 0 aliphatic heterocycles. The summed E-state index contributed by atoms with van der Waals surface area (Å²) < 4.78 is 0. The Balaban J connectivity index is 1.55. The van der Waals surface area contributed by atoms with E-state index in [1.165, 1.54) is 16.7 Å². The summed E-state index contributed by atoms with van der Waals surface area (Å²) in [6.07, 6.45) is 10.7. The Labute approximate surface area is 180 Å². The number of hydrogen-bond donors (Lipinski definition) is 3. The van der Waals surface area contributed by atoms with Crippen molar-refractivity contribution >= 4 is 5.57 Å². The molecule has 30 heavy (non-hydrogen) atoms. The predicted octanol–water partition coefficient (Wildman–Crippen LogP) is 3.97. The van der Waals surface area contributed by atoms with Gasteiger partial charge in [-0.2, -0.15) is 0 Å². The van der Waals surface area contributed by atoms with E-state index in [1.54, 1.807) is 5.01 Å². The number of aliphatic hydroxyl groups excluding tert-OH is 1. The van der Waals surface area contributed by atoms with Crippen LogP contribution in [0, 0.1) is 0 Å². The van der Waals surface area contributed by atoms with Gasteiger partial charge in [-0.05, 0) is 48.4 Å². The van der Waals surface area contributed by atoms with Crippen LogP contribution >= 0.6 is 0 Å². The topological polar surface area (TPSA) is 75.5 Å². The number of benzene rings is 2. The molecular formula is C26H33N3O. The fourth-order valence-electron chi connectivity index (χ4n) is 3.73. The lowest BCUT2D eigenvalue weighted by molar-refractivity contribution is 0.0877. The average molecular weight is 404 g/mol. The summed E-state index contributed by atoms with van der Waals surface area (Å²) in [7, 11) is 0. The first-order valence-corrected chi connectivity index (χ1v) is 10.6. The number of nitrogens with zero attached hydrogens (tertiary/aromatic N) is 1. The standard InChI is InChI=1S/C26H33N3O/c1-20-9-5-2-3-8-12-24(20)23-15-13-22(14-16-23)18-29(28)19-26(30)25(27)17-21-10-6-4-7-11-21/h2-4,6-8,10-16,25-26,30H,5,9,17-19,27-28H2,1H3. The van der Waals surface area contributed by atoms with Crippen molar-refractivity contribution in [2.75, 3.05) is 6.54 Å². The molecule has 0 spiro atoms. The average Bonchev–Trinajstić information content (AvgIpc) is 2.72. The van der Waals surface area contributed by atoms with Crippen LogP contribution in [-0.2, 0) is 13.0 Å². The number of allylic oxidation sites excluding steroid dienone is 6. The zero-order chi connectivity index (χ0) is 21.3. The first kappa shape index (κ1) is 22.2. The van der Waals surface area contributed by atoms with Crippen LogP contribution < -0.4 is 11.6 Å². The highest BCUT2D eigenvalue weighted by Gasteiger charge is 2.18. The van der Waals surface area contributed by atoms with Crippen molar-refractivity contribution in [1.29, 1.82) is 0 Å². The van der Waals surface area contributed by atoms with Gasteiger partial charge in [0.15, 0.2) is 0 Å². The highest BCUT2D eigenvalue weighted by atomic mass is 16.3. The Morgan fingerprint density at radius 2 is 1.73 bits per heavy atom. The Kier molecular flexibility index (Phi) is 8.17. The molecule has 0 amide bonds. The third-order valence-corrected chi connectivity index (χ3v) is 5.54. The van der Waals surface area contributed by atoms with Gasteiger partial charge in [-0.3, -0.25) is 5.84 Å². The van der Waals surface area contributed by atoms with Gasteiger partial charge in [-0.1, -0.05) is 84.5 Å². The molecule has 0 aromatic heterocycles. The molecule has 0 fully saturated rings. The molecule has 2 atom stereocenters. The van der Waals surface area contributed by atoms with E-state index in [9.17, 15) is 5.11 Å².